The molecule has 1 fully saturated rings. The molecule has 1 unspecified atom stereocenters. The number of likely N-dealkylation sites (tertiary alicyclic amines) is 1. The Kier molecular flexibility index (Phi) is 7.50. The van der Waals surface area contributed by atoms with Crippen LogP contribution < -0.4 is 10.1 Å². The molecule has 2 aromatic carbocycles. The molecule has 1 N–H and O–H groups in total. The number of hydrogen-bond acceptors (Lipinski definition) is 3. The Labute approximate surface area is 179 Å². The topological polar surface area (TPSA) is 58.6 Å². The molecule has 0 bridgehead atoms. The van der Waals surface area contributed by atoms with E-state index in [-0.39, 0.29) is 11.8 Å². The molecule has 0 spiro atoms. The van der Waals surface area contributed by atoms with E-state index in [1.54, 1.807) is 12.1 Å². The largest absolute Gasteiger partial charge is 0.480 e. The van der Waals surface area contributed by atoms with Crippen LogP contribution in [0, 0.1) is 13.8 Å². The highest BCUT2D eigenvalue weighted by atomic mass is 16.5. The van der Waals surface area contributed by atoms with Crippen LogP contribution in [0.4, 0.5) is 5.69 Å². The van der Waals surface area contributed by atoms with E-state index in [2.05, 4.69) is 5.32 Å². The molecular weight excluding hydrogens is 376 g/mol. The molecule has 30 heavy (non-hydrogen) atoms. The van der Waals surface area contributed by atoms with Crippen LogP contribution in [-0.2, 0) is 4.79 Å². The van der Waals surface area contributed by atoms with Crippen LogP contribution in [0.2, 0.25) is 0 Å². The van der Waals surface area contributed by atoms with E-state index in [9.17, 15) is 9.59 Å². The van der Waals surface area contributed by atoms with Crippen molar-refractivity contribution < 1.29 is 14.3 Å². The highest BCUT2D eigenvalue weighted by Crippen LogP contribution is 2.24. The summed E-state index contributed by atoms with van der Waals surface area (Å²) in [7, 11) is 0. The van der Waals surface area contributed by atoms with Crippen molar-refractivity contribution in [3.63, 3.8) is 0 Å². The van der Waals surface area contributed by atoms with Gasteiger partial charge in [-0.25, -0.2) is 0 Å². The molecule has 5 nitrogen and oxygen atoms in total. The average Bonchev–Trinajstić information content (AvgIpc) is 3.04. The van der Waals surface area contributed by atoms with Gasteiger partial charge in [-0.2, -0.15) is 0 Å². The number of ether oxygens (including phenoxy) is 1. The molecule has 0 aromatic heterocycles. The maximum Gasteiger partial charge on any atom is 0.265 e. The first-order valence-corrected chi connectivity index (χ1v) is 10.9. The van der Waals surface area contributed by atoms with E-state index < -0.39 is 6.10 Å². The first-order valence-electron chi connectivity index (χ1n) is 10.9. The second-order valence-electron chi connectivity index (χ2n) is 7.95. The summed E-state index contributed by atoms with van der Waals surface area (Å²) < 4.78 is 6.04. The highest BCUT2D eigenvalue weighted by Gasteiger charge is 2.24. The number of anilines is 1. The van der Waals surface area contributed by atoms with Crippen LogP contribution in [0.3, 0.4) is 0 Å². The third kappa shape index (κ3) is 5.21. The van der Waals surface area contributed by atoms with Crippen molar-refractivity contribution in [3.05, 3.63) is 59.2 Å². The first-order chi connectivity index (χ1) is 14.5. The summed E-state index contributed by atoms with van der Waals surface area (Å²) in [5.41, 5.74) is 3.23. The van der Waals surface area contributed by atoms with Crippen LogP contribution >= 0.6 is 0 Å². The van der Waals surface area contributed by atoms with Crippen LogP contribution in [-0.4, -0.2) is 35.9 Å². The van der Waals surface area contributed by atoms with Gasteiger partial charge in [0.25, 0.3) is 11.8 Å². The molecule has 2 amide bonds. The number of para-hydroxylation sites is 1. The Morgan fingerprint density at radius 3 is 2.40 bits per heavy atom. The highest BCUT2D eigenvalue weighted by molar-refractivity contribution is 6.04. The summed E-state index contributed by atoms with van der Waals surface area (Å²) in [5, 5.41) is 2.94. The maximum absolute atomic E-state index is 13.1. The summed E-state index contributed by atoms with van der Waals surface area (Å²) >= 11 is 0. The zero-order valence-corrected chi connectivity index (χ0v) is 18.2. The molecule has 1 aliphatic heterocycles. The molecule has 5 heteroatoms. The Morgan fingerprint density at radius 1 is 1.00 bits per heavy atom. The van der Waals surface area contributed by atoms with Gasteiger partial charge in [0.2, 0.25) is 0 Å². The van der Waals surface area contributed by atoms with Gasteiger partial charge in [-0.05, 0) is 62.4 Å². The Balaban J connectivity index is 1.75. The van der Waals surface area contributed by atoms with Crippen molar-refractivity contribution in [1.82, 2.24) is 4.90 Å². The number of hydrogen-bond donors (Lipinski definition) is 1. The van der Waals surface area contributed by atoms with E-state index in [0.29, 0.717) is 23.4 Å². The van der Waals surface area contributed by atoms with Crippen molar-refractivity contribution in [2.75, 3.05) is 18.4 Å². The van der Waals surface area contributed by atoms with E-state index in [1.165, 1.54) is 0 Å². The maximum atomic E-state index is 13.1. The van der Waals surface area contributed by atoms with Gasteiger partial charge in [0.15, 0.2) is 6.10 Å². The number of benzene rings is 2. The molecule has 160 valence electrons. The number of aryl methyl sites for hydroxylation is 1. The molecule has 0 saturated carbocycles. The zero-order chi connectivity index (χ0) is 21.5. The van der Waals surface area contributed by atoms with E-state index in [1.807, 2.05) is 56.0 Å². The lowest BCUT2D eigenvalue weighted by atomic mass is 10.1. The monoisotopic (exact) mass is 408 g/mol. The summed E-state index contributed by atoms with van der Waals surface area (Å²) in [5.74, 6) is 0.455. The third-order valence-corrected chi connectivity index (χ3v) is 5.80. The number of carbonyl (C=O) groups excluding carboxylic acids is 2. The molecule has 1 aliphatic rings. The van der Waals surface area contributed by atoms with Crippen LogP contribution in [0.5, 0.6) is 5.75 Å². The summed E-state index contributed by atoms with van der Waals surface area (Å²) in [4.78, 5) is 28.0. The molecule has 0 aliphatic carbocycles. The smallest absolute Gasteiger partial charge is 0.265 e. The summed E-state index contributed by atoms with van der Waals surface area (Å²) in [6, 6.07) is 13.1. The number of carbonyl (C=O) groups is 2. The number of rotatable bonds is 6. The van der Waals surface area contributed by atoms with Gasteiger partial charge in [-0.3, -0.25) is 9.59 Å². The van der Waals surface area contributed by atoms with E-state index in [0.717, 1.165) is 49.9 Å². The zero-order valence-electron chi connectivity index (χ0n) is 18.2. The van der Waals surface area contributed by atoms with Gasteiger partial charge in [0.05, 0.1) is 11.3 Å². The average molecular weight is 409 g/mol. The molecule has 1 saturated heterocycles. The third-order valence-electron chi connectivity index (χ3n) is 5.80. The van der Waals surface area contributed by atoms with Gasteiger partial charge in [-0.15, -0.1) is 0 Å². The van der Waals surface area contributed by atoms with Crippen LogP contribution in [0.25, 0.3) is 0 Å². The molecule has 1 heterocycles. The minimum absolute atomic E-state index is 0.0173. The second kappa shape index (κ2) is 10.3. The molecular formula is C25H32N2O3. The fourth-order valence-corrected chi connectivity index (χ4v) is 3.76. The lowest BCUT2D eigenvalue weighted by Crippen LogP contribution is -2.35. The fraction of sp³-hybridized carbons (Fsp3) is 0.440. The van der Waals surface area contributed by atoms with Gasteiger partial charge >= 0.3 is 0 Å². The van der Waals surface area contributed by atoms with E-state index in [4.69, 9.17) is 4.74 Å². The number of nitrogens with one attached hydrogen (secondary N) is 1. The van der Waals surface area contributed by atoms with Crippen molar-refractivity contribution in [1.29, 1.82) is 0 Å². The number of nitrogens with zero attached hydrogens (tertiary/aromatic N) is 1. The lowest BCUT2D eigenvalue weighted by molar-refractivity contribution is -0.122. The summed E-state index contributed by atoms with van der Waals surface area (Å²) in [6.07, 6.45) is 4.28. The standard InChI is InChI=1S/C25H32N2O3/c1-4-22(30-23-15-11-12-18(2)19(23)3)24(28)26-21-14-8-7-13-20(21)25(29)27-16-9-5-6-10-17-27/h7-8,11-15,22H,4-6,9-10,16-17H2,1-3H3,(H,26,28). The Hall–Kier alpha value is -2.82. The van der Waals surface area contributed by atoms with Gasteiger partial charge in [-0.1, -0.05) is 44.0 Å². The van der Waals surface area contributed by atoms with Crippen molar-refractivity contribution >= 4 is 17.5 Å². The number of amides is 2. The predicted octanol–water partition coefficient (Wildman–Crippen LogP) is 5.12. The Bertz CT molecular complexity index is 886. The predicted molar refractivity (Wildman–Crippen MR) is 120 cm³/mol. The molecule has 2 aromatic rings. The van der Waals surface area contributed by atoms with Crippen molar-refractivity contribution in [3.8, 4) is 5.75 Å². The first kappa shape index (κ1) is 21.9. The van der Waals surface area contributed by atoms with E-state index >= 15 is 0 Å². The van der Waals surface area contributed by atoms with Crippen LogP contribution in [0.15, 0.2) is 42.5 Å². The second-order valence-corrected chi connectivity index (χ2v) is 7.95. The van der Waals surface area contributed by atoms with Crippen molar-refractivity contribution in [2.24, 2.45) is 0 Å². The van der Waals surface area contributed by atoms with Gasteiger partial charge in [0.1, 0.15) is 5.75 Å². The van der Waals surface area contributed by atoms with Gasteiger partial charge in [0, 0.05) is 13.1 Å². The molecule has 3 rings (SSSR count). The van der Waals surface area contributed by atoms with Gasteiger partial charge < -0.3 is 15.0 Å². The molecule has 0 radical (unpaired) electrons. The SMILES string of the molecule is CCC(Oc1cccc(C)c1C)C(=O)Nc1ccccc1C(=O)N1CCCCCC1. The minimum atomic E-state index is -0.633. The fourth-order valence-electron chi connectivity index (χ4n) is 3.76. The summed E-state index contributed by atoms with van der Waals surface area (Å²) in [6.45, 7) is 7.48. The normalized spacial score (nSPS) is 15.2. The van der Waals surface area contributed by atoms with Crippen LogP contribution in [0.1, 0.15) is 60.5 Å². The molecule has 1 atom stereocenters. The van der Waals surface area contributed by atoms with Crippen molar-refractivity contribution in [2.45, 2.75) is 59.0 Å². The quantitative estimate of drug-likeness (QED) is 0.722. The minimum Gasteiger partial charge on any atom is -0.480 e. The lowest BCUT2D eigenvalue weighted by Gasteiger charge is -2.23. The Morgan fingerprint density at radius 2 is 1.70 bits per heavy atom.